The molecule has 2 heterocycles. The molecule has 0 bridgehead atoms. The van der Waals surface area contributed by atoms with Crippen LogP contribution in [0.1, 0.15) is 17.2 Å². The number of benzene rings is 1. The van der Waals surface area contributed by atoms with Gasteiger partial charge in [0.25, 0.3) is 5.91 Å². The van der Waals surface area contributed by atoms with Crippen LogP contribution in [0.2, 0.25) is 0 Å². The first kappa shape index (κ1) is 10.8. The van der Waals surface area contributed by atoms with Gasteiger partial charge in [0.2, 0.25) is 0 Å². The van der Waals surface area contributed by atoms with Crippen molar-refractivity contribution < 1.29 is 4.79 Å². The van der Waals surface area contributed by atoms with Crippen molar-refractivity contribution in [1.29, 1.82) is 0 Å². The van der Waals surface area contributed by atoms with Gasteiger partial charge in [-0.2, -0.15) is 5.10 Å². The Kier molecular flexibility index (Phi) is 2.33. The minimum atomic E-state index is -0.366. The van der Waals surface area contributed by atoms with Crippen molar-refractivity contribution in [3.8, 4) is 0 Å². The highest BCUT2D eigenvalue weighted by Crippen LogP contribution is 2.34. The number of fused-ring (bicyclic) bond motifs is 1. The van der Waals surface area contributed by atoms with Gasteiger partial charge in [0.05, 0.1) is 0 Å². The highest BCUT2D eigenvalue weighted by molar-refractivity contribution is 6.04. The molecule has 2 aromatic rings. The molecule has 0 spiro atoms. The summed E-state index contributed by atoms with van der Waals surface area (Å²) in [6, 6.07) is 7.39. The van der Waals surface area contributed by atoms with Gasteiger partial charge in [-0.3, -0.25) is 9.48 Å². The van der Waals surface area contributed by atoms with E-state index in [1.54, 1.807) is 4.68 Å². The van der Waals surface area contributed by atoms with E-state index in [0.717, 1.165) is 16.8 Å². The lowest BCUT2D eigenvalue weighted by Gasteiger charge is -2.10. The third-order valence-electron chi connectivity index (χ3n) is 3.13. The summed E-state index contributed by atoms with van der Waals surface area (Å²) in [5.41, 5.74) is 2.97. The predicted octanol–water partition coefficient (Wildman–Crippen LogP) is 1.83. The maximum absolute atomic E-state index is 12.0. The number of rotatable bonds is 2. The fourth-order valence-corrected chi connectivity index (χ4v) is 2.22. The molecule has 18 heavy (non-hydrogen) atoms. The first-order valence-electron chi connectivity index (χ1n) is 5.82. The monoisotopic (exact) mass is 242 g/mol. The van der Waals surface area contributed by atoms with Crippen LogP contribution in [0.3, 0.4) is 0 Å². The number of hydrogen-bond acceptors (Lipinski definition) is 3. The second-order valence-electron chi connectivity index (χ2n) is 4.48. The summed E-state index contributed by atoms with van der Waals surface area (Å²) in [5.74, 6) is 0.664. The van der Waals surface area contributed by atoms with Gasteiger partial charge >= 0.3 is 0 Å². The number of nitrogens with one attached hydrogen (secondary N) is 2. The van der Waals surface area contributed by atoms with Crippen LogP contribution in [-0.2, 0) is 11.8 Å². The van der Waals surface area contributed by atoms with E-state index in [4.69, 9.17) is 0 Å². The number of aryl methyl sites for hydroxylation is 2. The van der Waals surface area contributed by atoms with Crippen LogP contribution >= 0.6 is 0 Å². The van der Waals surface area contributed by atoms with Crippen LogP contribution in [0, 0.1) is 6.92 Å². The lowest BCUT2D eigenvalue weighted by atomic mass is 10.1. The first-order chi connectivity index (χ1) is 8.65. The van der Waals surface area contributed by atoms with Gasteiger partial charge in [0.15, 0.2) is 0 Å². The zero-order chi connectivity index (χ0) is 12.7. The topological polar surface area (TPSA) is 59.0 Å². The van der Waals surface area contributed by atoms with Gasteiger partial charge in [-0.05, 0) is 12.5 Å². The second-order valence-corrected chi connectivity index (χ2v) is 4.48. The summed E-state index contributed by atoms with van der Waals surface area (Å²) in [5, 5.41) is 10.3. The minimum Gasteiger partial charge on any atom is -0.353 e. The van der Waals surface area contributed by atoms with Crippen LogP contribution in [-0.4, -0.2) is 15.7 Å². The van der Waals surface area contributed by atoms with Crippen molar-refractivity contribution in [3.63, 3.8) is 0 Å². The third kappa shape index (κ3) is 1.64. The number of nitrogens with zero attached hydrogens (tertiary/aromatic N) is 2. The van der Waals surface area contributed by atoms with Gasteiger partial charge in [0.1, 0.15) is 11.9 Å². The third-order valence-corrected chi connectivity index (χ3v) is 3.13. The average Bonchev–Trinajstić information content (AvgIpc) is 2.87. The first-order valence-corrected chi connectivity index (χ1v) is 5.82. The zero-order valence-corrected chi connectivity index (χ0v) is 10.3. The molecule has 1 atom stereocenters. The lowest BCUT2D eigenvalue weighted by molar-refractivity contribution is -0.116. The molecule has 0 radical (unpaired) electrons. The Labute approximate surface area is 105 Å². The average molecular weight is 242 g/mol. The summed E-state index contributed by atoms with van der Waals surface area (Å²) in [6.07, 6.45) is 1.84. The normalized spacial score (nSPS) is 17.4. The fourth-order valence-electron chi connectivity index (χ4n) is 2.22. The molecular weight excluding hydrogens is 228 g/mol. The molecule has 1 aliphatic heterocycles. The smallest absolute Gasteiger partial charge is 0.251 e. The maximum Gasteiger partial charge on any atom is 0.251 e. The van der Waals surface area contributed by atoms with E-state index in [1.807, 2.05) is 44.4 Å². The second kappa shape index (κ2) is 3.87. The highest BCUT2D eigenvalue weighted by atomic mass is 16.2. The fraction of sp³-hybridized carbons (Fsp3) is 0.231. The van der Waals surface area contributed by atoms with Crippen molar-refractivity contribution in [1.82, 2.24) is 9.78 Å². The Morgan fingerprint density at radius 1 is 1.39 bits per heavy atom. The van der Waals surface area contributed by atoms with Crippen molar-refractivity contribution >= 4 is 17.4 Å². The number of hydrogen-bond donors (Lipinski definition) is 2. The summed E-state index contributed by atoms with van der Waals surface area (Å²) in [7, 11) is 1.85. The van der Waals surface area contributed by atoms with E-state index in [2.05, 4.69) is 15.7 Å². The Morgan fingerprint density at radius 2 is 2.22 bits per heavy atom. The van der Waals surface area contributed by atoms with Crippen LogP contribution in [0.25, 0.3) is 0 Å². The van der Waals surface area contributed by atoms with Crippen molar-refractivity contribution in [2.24, 2.45) is 7.05 Å². The summed E-state index contributed by atoms with van der Waals surface area (Å²) < 4.78 is 1.70. The van der Waals surface area contributed by atoms with E-state index in [1.165, 1.54) is 0 Å². The molecule has 1 amide bonds. The van der Waals surface area contributed by atoms with E-state index in [9.17, 15) is 4.79 Å². The quantitative estimate of drug-likeness (QED) is 0.844. The number of amides is 1. The zero-order valence-electron chi connectivity index (χ0n) is 10.3. The minimum absolute atomic E-state index is 0.0371. The van der Waals surface area contributed by atoms with Gasteiger partial charge in [-0.15, -0.1) is 0 Å². The van der Waals surface area contributed by atoms with Gasteiger partial charge in [0, 0.05) is 30.6 Å². The van der Waals surface area contributed by atoms with Crippen molar-refractivity contribution in [2.75, 3.05) is 10.6 Å². The number of carbonyl (C=O) groups excluding carboxylic acids is 1. The van der Waals surface area contributed by atoms with Crippen LogP contribution in [0.15, 0.2) is 30.5 Å². The molecule has 1 aromatic heterocycles. The van der Waals surface area contributed by atoms with Crippen LogP contribution in [0.4, 0.5) is 11.5 Å². The van der Waals surface area contributed by atoms with Crippen molar-refractivity contribution in [2.45, 2.75) is 13.0 Å². The SMILES string of the molecule is Cc1cccc2c1NC(=O)C2Nc1ccn(C)n1. The Hall–Kier alpha value is -2.30. The van der Waals surface area contributed by atoms with E-state index >= 15 is 0 Å². The number of aromatic nitrogens is 2. The Morgan fingerprint density at radius 3 is 2.94 bits per heavy atom. The molecule has 5 heteroatoms. The molecule has 92 valence electrons. The lowest BCUT2D eigenvalue weighted by Crippen LogP contribution is -2.20. The molecule has 0 saturated heterocycles. The largest absolute Gasteiger partial charge is 0.353 e. The molecular formula is C13H14N4O. The van der Waals surface area contributed by atoms with Crippen LogP contribution in [0.5, 0.6) is 0 Å². The molecule has 1 aliphatic rings. The summed E-state index contributed by atoms with van der Waals surface area (Å²) in [4.78, 5) is 12.0. The molecule has 2 N–H and O–H groups in total. The van der Waals surface area contributed by atoms with Crippen LogP contribution < -0.4 is 10.6 Å². The Bertz CT molecular complexity index is 617. The molecule has 1 unspecified atom stereocenters. The highest BCUT2D eigenvalue weighted by Gasteiger charge is 2.31. The van der Waals surface area contributed by atoms with Crippen molar-refractivity contribution in [3.05, 3.63) is 41.6 Å². The molecule has 3 rings (SSSR count). The van der Waals surface area contributed by atoms with E-state index in [-0.39, 0.29) is 11.9 Å². The standard InChI is InChI=1S/C13H14N4O/c1-8-4-3-5-9-11(8)15-13(18)12(9)14-10-6-7-17(2)16-10/h3-7,12H,1-2H3,(H,14,16)(H,15,18). The molecule has 5 nitrogen and oxygen atoms in total. The van der Waals surface area contributed by atoms with Gasteiger partial charge in [-0.25, -0.2) is 0 Å². The van der Waals surface area contributed by atoms with Gasteiger partial charge < -0.3 is 10.6 Å². The molecule has 1 aromatic carbocycles. The molecule has 0 saturated carbocycles. The van der Waals surface area contributed by atoms with E-state index < -0.39 is 0 Å². The number of anilines is 2. The summed E-state index contributed by atoms with van der Waals surface area (Å²) >= 11 is 0. The number of para-hydroxylation sites is 1. The molecule has 0 aliphatic carbocycles. The molecule has 0 fully saturated rings. The predicted molar refractivity (Wildman–Crippen MR) is 69.4 cm³/mol. The van der Waals surface area contributed by atoms with E-state index in [0.29, 0.717) is 5.82 Å². The Balaban J connectivity index is 1.95. The summed E-state index contributed by atoms with van der Waals surface area (Å²) in [6.45, 7) is 1.99. The number of carbonyl (C=O) groups is 1. The van der Waals surface area contributed by atoms with Gasteiger partial charge in [-0.1, -0.05) is 18.2 Å². The maximum atomic E-state index is 12.0.